The highest BCUT2D eigenvalue weighted by atomic mass is 35.5. The minimum atomic E-state index is -0.525. The van der Waals surface area contributed by atoms with E-state index in [0.717, 1.165) is 0 Å². The van der Waals surface area contributed by atoms with E-state index in [1.165, 1.54) is 6.07 Å². The molecule has 0 aliphatic carbocycles. The Balaban J connectivity index is 1.82. The molecule has 2 aromatic rings. The summed E-state index contributed by atoms with van der Waals surface area (Å²) in [6, 6.07) is 8.10. The summed E-state index contributed by atoms with van der Waals surface area (Å²) in [5.41, 5.74) is 0.648. The quantitative estimate of drug-likeness (QED) is 0.826. The van der Waals surface area contributed by atoms with Crippen molar-refractivity contribution in [2.24, 2.45) is 0 Å². The summed E-state index contributed by atoms with van der Waals surface area (Å²) >= 11 is 5.76. The van der Waals surface area contributed by atoms with Gasteiger partial charge in [0, 0.05) is 29.6 Å². The number of ether oxygens (including phenoxy) is 1. The van der Waals surface area contributed by atoms with Gasteiger partial charge in [-0.15, -0.1) is 0 Å². The molecule has 7 heteroatoms. The number of aromatic nitrogens is 1. The van der Waals surface area contributed by atoms with Crippen molar-refractivity contribution in [3.63, 3.8) is 0 Å². The van der Waals surface area contributed by atoms with Crippen LogP contribution in [-0.4, -0.2) is 30.2 Å². The molecule has 0 bridgehead atoms. The molecule has 1 amide bonds. The second-order valence-electron chi connectivity index (χ2n) is 4.41. The van der Waals surface area contributed by atoms with E-state index in [1.807, 2.05) is 0 Å². The first kappa shape index (κ1) is 16.0. The number of amides is 1. The average Bonchev–Trinajstić information content (AvgIpc) is 2.97. The van der Waals surface area contributed by atoms with Crippen LogP contribution in [0.4, 0.5) is 0 Å². The molecule has 22 heavy (non-hydrogen) atoms. The Morgan fingerprint density at radius 2 is 2.05 bits per heavy atom. The summed E-state index contributed by atoms with van der Waals surface area (Å²) in [7, 11) is 0. The zero-order valence-electron chi connectivity index (χ0n) is 12.0. The maximum Gasteiger partial charge on any atom is 0.360 e. The summed E-state index contributed by atoms with van der Waals surface area (Å²) in [4.78, 5) is 23.3. The maximum atomic E-state index is 11.9. The molecule has 0 aliphatic rings. The Bertz CT molecular complexity index is 652. The van der Waals surface area contributed by atoms with Gasteiger partial charge in [-0.05, 0) is 31.2 Å². The highest BCUT2D eigenvalue weighted by molar-refractivity contribution is 6.30. The third kappa shape index (κ3) is 4.33. The lowest BCUT2D eigenvalue weighted by atomic mass is 10.2. The molecule has 6 nitrogen and oxygen atoms in total. The van der Waals surface area contributed by atoms with Crippen LogP contribution in [0.2, 0.25) is 5.02 Å². The summed E-state index contributed by atoms with van der Waals surface area (Å²) < 4.78 is 9.83. The van der Waals surface area contributed by atoms with Crippen molar-refractivity contribution in [2.45, 2.75) is 13.3 Å². The van der Waals surface area contributed by atoms with Gasteiger partial charge in [0.15, 0.2) is 5.69 Å². The molecule has 0 aliphatic heterocycles. The number of esters is 1. The van der Waals surface area contributed by atoms with Crippen molar-refractivity contribution >= 4 is 23.5 Å². The molecular formula is C15H15ClN2O4. The van der Waals surface area contributed by atoms with Crippen LogP contribution in [-0.2, 0) is 11.2 Å². The van der Waals surface area contributed by atoms with Crippen LogP contribution in [0.25, 0.3) is 0 Å². The van der Waals surface area contributed by atoms with Gasteiger partial charge in [0.2, 0.25) is 0 Å². The normalized spacial score (nSPS) is 10.3. The topological polar surface area (TPSA) is 81.4 Å². The van der Waals surface area contributed by atoms with Gasteiger partial charge in [-0.2, -0.15) is 0 Å². The SMILES string of the molecule is CCOC(=O)c1cc(CCNC(=O)c2ccc(Cl)cc2)on1. The molecule has 0 spiro atoms. The van der Waals surface area contributed by atoms with Crippen molar-refractivity contribution < 1.29 is 18.8 Å². The van der Waals surface area contributed by atoms with E-state index in [1.54, 1.807) is 31.2 Å². The largest absolute Gasteiger partial charge is 0.461 e. The smallest absolute Gasteiger partial charge is 0.360 e. The van der Waals surface area contributed by atoms with Crippen LogP contribution in [0, 0.1) is 0 Å². The fraction of sp³-hybridized carbons (Fsp3) is 0.267. The maximum absolute atomic E-state index is 11.9. The lowest BCUT2D eigenvalue weighted by Crippen LogP contribution is -2.25. The molecule has 0 fully saturated rings. The van der Waals surface area contributed by atoms with Crippen molar-refractivity contribution in [1.29, 1.82) is 0 Å². The number of carbonyl (C=O) groups excluding carboxylic acids is 2. The summed E-state index contributed by atoms with van der Waals surface area (Å²) in [6.45, 7) is 2.35. The molecule has 0 saturated heterocycles. The van der Waals surface area contributed by atoms with Crippen LogP contribution in [0.15, 0.2) is 34.9 Å². The number of rotatable bonds is 6. The Hall–Kier alpha value is -2.34. The molecule has 1 aromatic heterocycles. The first-order valence-electron chi connectivity index (χ1n) is 6.76. The number of hydrogen-bond donors (Lipinski definition) is 1. The standard InChI is InChI=1S/C15H15ClN2O4/c1-2-21-15(20)13-9-12(22-18-13)7-8-17-14(19)10-3-5-11(16)6-4-10/h3-6,9H,2,7-8H2,1H3,(H,17,19). The molecule has 116 valence electrons. The summed E-state index contributed by atoms with van der Waals surface area (Å²) in [5, 5.41) is 6.94. The number of carbonyl (C=O) groups is 2. The Morgan fingerprint density at radius 1 is 1.32 bits per heavy atom. The molecule has 1 heterocycles. The van der Waals surface area contributed by atoms with E-state index in [2.05, 4.69) is 10.5 Å². The number of nitrogens with one attached hydrogen (secondary N) is 1. The van der Waals surface area contributed by atoms with E-state index >= 15 is 0 Å². The van der Waals surface area contributed by atoms with Gasteiger partial charge in [0.25, 0.3) is 5.91 Å². The van der Waals surface area contributed by atoms with Gasteiger partial charge in [-0.25, -0.2) is 4.79 Å². The van der Waals surface area contributed by atoms with Crippen molar-refractivity contribution in [3.05, 3.63) is 52.4 Å². The first-order valence-corrected chi connectivity index (χ1v) is 7.14. The fourth-order valence-electron chi connectivity index (χ4n) is 1.73. The van der Waals surface area contributed by atoms with Gasteiger partial charge >= 0.3 is 5.97 Å². The molecule has 0 atom stereocenters. The third-order valence-corrected chi connectivity index (χ3v) is 3.06. The molecule has 1 N–H and O–H groups in total. The lowest BCUT2D eigenvalue weighted by molar-refractivity contribution is 0.0514. The monoisotopic (exact) mass is 322 g/mol. The molecule has 0 unspecified atom stereocenters. The molecule has 2 rings (SSSR count). The van der Waals surface area contributed by atoms with Crippen LogP contribution in [0.1, 0.15) is 33.5 Å². The summed E-state index contributed by atoms with van der Waals surface area (Å²) in [5.74, 6) is -0.232. The van der Waals surface area contributed by atoms with Gasteiger partial charge in [0.1, 0.15) is 5.76 Å². The minimum Gasteiger partial charge on any atom is -0.461 e. The van der Waals surface area contributed by atoms with E-state index < -0.39 is 5.97 Å². The summed E-state index contributed by atoms with van der Waals surface area (Å²) in [6.07, 6.45) is 0.422. The number of nitrogens with zero attached hydrogens (tertiary/aromatic N) is 1. The predicted octanol–water partition coefficient (Wildman–Crippen LogP) is 2.48. The second-order valence-corrected chi connectivity index (χ2v) is 4.85. The van der Waals surface area contributed by atoms with Crippen LogP contribution < -0.4 is 5.32 Å². The highest BCUT2D eigenvalue weighted by Gasteiger charge is 2.13. The van der Waals surface area contributed by atoms with E-state index in [0.29, 0.717) is 29.3 Å². The van der Waals surface area contributed by atoms with E-state index in [-0.39, 0.29) is 18.2 Å². The third-order valence-electron chi connectivity index (χ3n) is 2.81. The van der Waals surface area contributed by atoms with Crippen LogP contribution in [0.3, 0.4) is 0 Å². The Labute approximate surface area is 132 Å². The second kappa shape index (κ2) is 7.61. The first-order chi connectivity index (χ1) is 10.6. The van der Waals surface area contributed by atoms with Gasteiger partial charge in [-0.3, -0.25) is 4.79 Å². The van der Waals surface area contributed by atoms with Crippen LogP contribution in [0.5, 0.6) is 0 Å². The Kier molecular flexibility index (Phi) is 5.55. The van der Waals surface area contributed by atoms with Crippen molar-refractivity contribution in [2.75, 3.05) is 13.2 Å². The van der Waals surface area contributed by atoms with E-state index in [9.17, 15) is 9.59 Å². The number of halogens is 1. The van der Waals surface area contributed by atoms with Crippen molar-refractivity contribution in [3.8, 4) is 0 Å². The predicted molar refractivity (Wildman–Crippen MR) is 79.9 cm³/mol. The molecule has 1 aromatic carbocycles. The minimum absolute atomic E-state index is 0.126. The van der Waals surface area contributed by atoms with Gasteiger partial charge in [-0.1, -0.05) is 16.8 Å². The lowest BCUT2D eigenvalue weighted by Gasteiger charge is -2.03. The van der Waals surface area contributed by atoms with Crippen LogP contribution >= 0.6 is 11.6 Å². The van der Waals surface area contributed by atoms with E-state index in [4.69, 9.17) is 20.9 Å². The zero-order chi connectivity index (χ0) is 15.9. The molecule has 0 saturated carbocycles. The average molecular weight is 323 g/mol. The Morgan fingerprint density at radius 3 is 2.73 bits per heavy atom. The number of hydrogen-bond acceptors (Lipinski definition) is 5. The molecular weight excluding hydrogens is 308 g/mol. The van der Waals surface area contributed by atoms with Gasteiger partial charge < -0.3 is 14.6 Å². The fourth-order valence-corrected chi connectivity index (χ4v) is 1.86. The highest BCUT2D eigenvalue weighted by Crippen LogP contribution is 2.09. The zero-order valence-corrected chi connectivity index (χ0v) is 12.7. The van der Waals surface area contributed by atoms with Crippen molar-refractivity contribution in [1.82, 2.24) is 10.5 Å². The molecule has 0 radical (unpaired) electrons. The van der Waals surface area contributed by atoms with Gasteiger partial charge in [0.05, 0.1) is 6.61 Å². The number of benzene rings is 1.